The molecule has 0 saturated carbocycles. The first-order valence-electron chi connectivity index (χ1n) is 13.1. The van der Waals surface area contributed by atoms with Gasteiger partial charge in [-0.15, -0.1) is 5.10 Å². The van der Waals surface area contributed by atoms with Crippen molar-refractivity contribution in [1.29, 1.82) is 0 Å². The Bertz CT molecular complexity index is 1680. The molecule has 222 valence electrons. The van der Waals surface area contributed by atoms with Crippen LogP contribution >= 0.6 is 11.8 Å². The van der Waals surface area contributed by atoms with Gasteiger partial charge in [-0.25, -0.2) is 19.4 Å². The molecule has 3 heterocycles. The minimum Gasteiger partial charge on any atom is -0.378 e. The number of nitrogens with zero attached hydrogens (tertiary/aromatic N) is 7. The minimum absolute atomic E-state index is 0.144. The number of benzene rings is 2. The minimum atomic E-state index is -4.48. The van der Waals surface area contributed by atoms with Gasteiger partial charge >= 0.3 is 12.2 Å². The molecular weight excluding hydrogens is 581 g/mol. The molecule has 14 heteroatoms. The number of amides is 3. The number of nitrogens with one attached hydrogen (secondary N) is 1. The Morgan fingerprint density at radius 2 is 1.81 bits per heavy atom. The van der Waals surface area contributed by atoms with E-state index in [0.717, 1.165) is 23.5 Å². The second-order valence-corrected chi connectivity index (χ2v) is 11.1. The molecule has 1 aliphatic rings. The van der Waals surface area contributed by atoms with Gasteiger partial charge < -0.3 is 10.2 Å². The lowest BCUT2D eigenvalue weighted by Gasteiger charge is -2.24. The maximum absolute atomic E-state index is 12.9. The molecule has 0 unspecified atom stereocenters. The van der Waals surface area contributed by atoms with E-state index in [4.69, 9.17) is 0 Å². The Morgan fingerprint density at radius 1 is 1.07 bits per heavy atom. The highest BCUT2D eigenvalue weighted by Crippen LogP contribution is 2.36. The van der Waals surface area contributed by atoms with Crippen molar-refractivity contribution in [3.8, 4) is 17.2 Å². The fourth-order valence-corrected chi connectivity index (χ4v) is 5.17. The number of rotatable bonds is 6. The van der Waals surface area contributed by atoms with Gasteiger partial charge in [0, 0.05) is 37.2 Å². The molecule has 0 spiro atoms. The maximum Gasteiger partial charge on any atom is 0.417 e. The Balaban J connectivity index is 1.30. The highest BCUT2D eigenvalue weighted by atomic mass is 32.2. The molecule has 10 nitrogen and oxygen atoms in total. The summed E-state index contributed by atoms with van der Waals surface area (Å²) in [5.74, 6) is 0.660. The normalized spacial score (nSPS) is 14.6. The van der Waals surface area contributed by atoms with E-state index in [2.05, 4.69) is 25.4 Å². The van der Waals surface area contributed by atoms with Crippen LogP contribution in [0.1, 0.15) is 30.9 Å². The van der Waals surface area contributed by atoms with Crippen LogP contribution < -0.4 is 15.1 Å². The molecule has 0 radical (unpaired) electrons. The summed E-state index contributed by atoms with van der Waals surface area (Å²) in [6.45, 7) is 4.08. The lowest BCUT2D eigenvalue weighted by Crippen LogP contribution is -2.31. The van der Waals surface area contributed by atoms with E-state index in [9.17, 15) is 22.8 Å². The van der Waals surface area contributed by atoms with Gasteiger partial charge in [0.25, 0.3) is 0 Å². The van der Waals surface area contributed by atoms with Crippen molar-refractivity contribution in [1.82, 2.24) is 19.7 Å². The number of halogens is 3. The second kappa shape index (κ2) is 11.9. The van der Waals surface area contributed by atoms with E-state index < -0.39 is 17.8 Å². The van der Waals surface area contributed by atoms with Gasteiger partial charge in [0.1, 0.15) is 6.33 Å². The highest BCUT2D eigenvalue weighted by molar-refractivity contribution is 8.15. The molecule has 43 heavy (non-hydrogen) atoms. The molecule has 1 saturated heterocycles. The van der Waals surface area contributed by atoms with Gasteiger partial charge in [-0.1, -0.05) is 31.7 Å². The summed E-state index contributed by atoms with van der Waals surface area (Å²) in [5, 5.41) is 7.30. The summed E-state index contributed by atoms with van der Waals surface area (Å²) < 4.78 is 39.7. The van der Waals surface area contributed by atoms with Crippen LogP contribution in [0.5, 0.6) is 0 Å². The van der Waals surface area contributed by atoms with E-state index in [-0.39, 0.29) is 23.4 Å². The third kappa shape index (κ3) is 6.53. The second-order valence-electron chi connectivity index (χ2n) is 10.1. The van der Waals surface area contributed by atoms with Gasteiger partial charge in [0.2, 0.25) is 5.91 Å². The zero-order valence-electron chi connectivity index (χ0n) is 23.6. The number of urea groups is 1. The van der Waals surface area contributed by atoms with Crippen molar-refractivity contribution < 1.29 is 22.8 Å². The largest absolute Gasteiger partial charge is 0.417 e. The van der Waals surface area contributed by atoms with E-state index in [1.807, 2.05) is 51.0 Å². The molecular formula is C29H27F3N8O2S. The van der Waals surface area contributed by atoms with Crippen molar-refractivity contribution >= 4 is 45.9 Å². The quantitative estimate of drug-likeness (QED) is 0.277. The summed E-state index contributed by atoms with van der Waals surface area (Å²) >= 11 is 1.20. The molecule has 3 amide bonds. The number of hydrogen-bond acceptors (Lipinski definition) is 7. The number of thioether (sulfide) groups is 1. The van der Waals surface area contributed by atoms with Crippen molar-refractivity contribution in [2.45, 2.75) is 25.9 Å². The average Bonchev–Trinajstić information content (AvgIpc) is 3.59. The Labute approximate surface area is 249 Å². The van der Waals surface area contributed by atoms with Gasteiger partial charge in [0.15, 0.2) is 16.8 Å². The summed E-state index contributed by atoms with van der Waals surface area (Å²) in [6.07, 6.45) is -2.40. The molecule has 2 aromatic heterocycles. The predicted molar refractivity (Wildman–Crippen MR) is 161 cm³/mol. The molecule has 5 rings (SSSR count). The zero-order valence-corrected chi connectivity index (χ0v) is 24.4. The van der Waals surface area contributed by atoms with Crippen LogP contribution in [0.4, 0.5) is 35.0 Å². The van der Waals surface area contributed by atoms with Crippen LogP contribution in [0, 0.1) is 0 Å². The number of aliphatic imine (C=N–C) groups is 1. The topological polar surface area (TPSA) is 109 Å². The monoisotopic (exact) mass is 608 g/mol. The lowest BCUT2D eigenvalue weighted by atomic mass is 9.99. The number of alkyl halides is 3. The van der Waals surface area contributed by atoms with Crippen LogP contribution in [-0.2, 0) is 11.0 Å². The van der Waals surface area contributed by atoms with Crippen LogP contribution in [0.2, 0.25) is 0 Å². The molecule has 1 fully saturated rings. The SMILES string of the molecule is CC(C)c1ccc(N(C)C)cc1N1C(=O)CSC1=NC(=O)Nc1ccc(-c2ncn(-c3ccc(C(F)(F)F)cn3)n2)cc1. The van der Waals surface area contributed by atoms with Gasteiger partial charge in [0.05, 0.1) is 17.0 Å². The van der Waals surface area contributed by atoms with Gasteiger partial charge in [-0.05, 0) is 60.0 Å². The highest BCUT2D eigenvalue weighted by Gasteiger charge is 2.33. The van der Waals surface area contributed by atoms with E-state index >= 15 is 0 Å². The van der Waals surface area contributed by atoms with Gasteiger partial charge in [-0.2, -0.15) is 18.2 Å². The summed E-state index contributed by atoms with van der Waals surface area (Å²) in [4.78, 5) is 41.5. The molecule has 0 bridgehead atoms. The van der Waals surface area contributed by atoms with Crippen molar-refractivity contribution in [2.75, 3.05) is 35.0 Å². The van der Waals surface area contributed by atoms with E-state index in [1.165, 1.54) is 33.7 Å². The number of aromatic nitrogens is 4. The molecule has 4 aromatic rings. The third-order valence-corrected chi connectivity index (χ3v) is 7.48. The fraction of sp³-hybridized carbons (Fsp3) is 0.241. The Morgan fingerprint density at radius 3 is 2.44 bits per heavy atom. The molecule has 2 aromatic carbocycles. The third-order valence-electron chi connectivity index (χ3n) is 6.55. The predicted octanol–water partition coefficient (Wildman–Crippen LogP) is 6.21. The van der Waals surface area contributed by atoms with Gasteiger partial charge in [-0.3, -0.25) is 9.69 Å². The number of pyridine rings is 1. The Hall–Kier alpha value is -4.72. The molecule has 0 atom stereocenters. The van der Waals surface area contributed by atoms with E-state index in [1.54, 1.807) is 24.3 Å². The summed E-state index contributed by atoms with van der Waals surface area (Å²) in [6, 6.07) is 14.1. The van der Waals surface area contributed by atoms with Crippen molar-refractivity contribution in [2.24, 2.45) is 4.99 Å². The van der Waals surface area contributed by atoms with Crippen molar-refractivity contribution in [3.05, 3.63) is 78.2 Å². The molecule has 0 aliphatic carbocycles. The van der Waals surface area contributed by atoms with Crippen LogP contribution in [-0.4, -0.2) is 56.7 Å². The fourth-order valence-electron chi connectivity index (χ4n) is 4.31. The maximum atomic E-state index is 12.9. The van der Waals surface area contributed by atoms with Crippen LogP contribution in [0.25, 0.3) is 17.2 Å². The lowest BCUT2D eigenvalue weighted by molar-refractivity contribution is -0.137. The number of hydrogen-bond donors (Lipinski definition) is 1. The Kier molecular flexibility index (Phi) is 8.22. The van der Waals surface area contributed by atoms with E-state index in [0.29, 0.717) is 27.9 Å². The summed E-state index contributed by atoms with van der Waals surface area (Å²) in [5.41, 5.74) is 2.80. The molecule has 1 N–H and O–H groups in total. The smallest absolute Gasteiger partial charge is 0.378 e. The first-order chi connectivity index (χ1) is 20.4. The molecule has 1 aliphatic heterocycles. The average molecular weight is 609 g/mol. The number of carbonyl (C=O) groups is 2. The van der Waals surface area contributed by atoms with Crippen LogP contribution in [0.15, 0.2) is 72.1 Å². The first-order valence-corrected chi connectivity index (χ1v) is 14.1. The standard InChI is InChI=1S/C29H27F3N8O2S/c1-17(2)22-11-10-21(38(3)4)13-23(22)40-25(41)15-43-28(40)36-27(42)35-20-8-5-18(6-9-20)26-34-16-39(37-26)24-12-7-19(14-33-24)29(30,31)32/h5-14,16-17H,15H2,1-4H3,(H,35,42). The number of anilines is 3. The van der Waals surface area contributed by atoms with Crippen LogP contribution in [0.3, 0.4) is 0 Å². The zero-order chi connectivity index (χ0) is 30.9. The summed E-state index contributed by atoms with van der Waals surface area (Å²) in [7, 11) is 3.83. The number of carbonyl (C=O) groups excluding carboxylic acids is 2. The number of amidine groups is 1. The first kappa shape index (κ1) is 29.8. The van der Waals surface area contributed by atoms with Crippen molar-refractivity contribution in [3.63, 3.8) is 0 Å².